The van der Waals surface area contributed by atoms with Crippen LogP contribution >= 0.6 is 0 Å². The van der Waals surface area contributed by atoms with Crippen LogP contribution in [0.25, 0.3) is 0 Å². The van der Waals surface area contributed by atoms with Gasteiger partial charge in [-0.2, -0.15) is 0 Å². The van der Waals surface area contributed by atoms with Crippen LogP contribution < -0.4 is 0 Å². The van der Waals surface area contributed by atoms with E-state index in [1.54, 1.807) is 7.11 Å². The first-order chi connectivity index (χ1) is 7.17. The summed E-state index contributed by atoms with van der Waals surface area (Å²) in [4.78, 5) is 0. The Morgan fingerprint density at radius 1 is 1.47 bits per heavy atom. The van der Waals surface area contributed by atoms with E-state index in [4.69, 9.17) is 9.47 Å². The fraction of sp³-hybridized carbons (Fsp3) is 1.00. The molecule has 1 saturated carbocycles. The van der Waals surface area contributed by atoms with Crippen molar-refractivity contribution in [2.24, 2.45) is 5.92 Å². The molecule has 3 atom stereocenters. The summed E-state index contributed by atoms with van der Waals surface area (Å²) in [5.41, 5.74) is 0.122. The molecule has 2 rings (SSSR count). The van der Waals surface area contributed by atoms with E-state index in [-0.39, 0.29) is 17.8 Å². The number of ether oxygens (including phenoxy) is 2. The predicted octanol–water partition coefficient (Wildman–Crippen LogP) is 1.73. The second-order valence-electron chi connectivity index (χ2n) is 5.07. The van der Waals surface area contributed by atoms with Crippen LogP contribution in [0.3, 0.4) is 0 Å². The van der Waals surface area contributed by atoms with E-state index in [2.05, 4.69) is 0 Å². The molecular weight excluding hydrogens is 192 g/mol. The summed E-state index contributed by atoms with van der Waals surface area (Å²) in [6, 6.07) is 0. The van der Waals surface area contributed by atoms with Crippen LogP contribution in [0, 0.1) is 5.92 Å². The Morgan fingerprint density at radius 3 is 2.73 bits per heavy atom. The first-order valence-electron chi connectivity index (χ1n) is 6.02. The lowest BCUT2D eigenvalue weighted by molar-refractivity contribution is -0.166. The van der Waals surface area contributed by atoms with Gasteiger partial charge in [-0.1, -0.05) is 0 Å². The van der Waals surface area contributed by atoms with Crippen LogP contribution in [0.2, 0.25) is 0 Å². The third kappa shape index (κ3) is 2.19. The van der Waals surface area contributed by atoms with E-state index in [0.29, 0.717) is 5.92 Å². The van der Waals surface area contributed by atoms with E-state index in [1.165, 1.54) is 19.3 Å². The van der Waals surface area contributed by atoms with Gasteiger partial charge in [0.2, 0.25) is 0 Å². The molecule has 15 heavy (non-hydrogen) atoms. The number of aliphatic hydroxyl groups is 1. The minimum Gasteiger partial charge on any atom is -0.390 e. The standard InChI is InChI=1S/C12H22O3/c1-9(14-2)11(13)10-4-7-15-12(8-10)5-3-6-12/h9-11,13H,3-8H2,1-2H3. The average molecular weight is 214 g/mol. The smallest absolute Gasteiger partial charge is 0.0828 e. The van der Waals surface area contributed by atoms with Gasteiger partial charge in [0.25, 0.3) is 0 Å². The Labute approximate surface area is 91.8 Å². The third-order valence-corrected chi connectivity index (χ3v) is 4.13. The van der Waals surface area contributed by atoms with Gasteiger partial charge < -0.3 is 14.6 Å². The summed E-state index contributed by atoms with van der Waals surface area (Å²) in [7, 11) is 1.66. The van der Waals surface area contributed by atoms with Crippen LogP contribution in [0.15, 0.2) is 0 Å². The fourth-order valence-electron chi connectivity index (χ4n) is 2.80. The van der Waals surface area contributed by atoms with Crippen molar-refractivity contribution in [2.45, 2.75) is 56.8 Å². The largest absolute Gasteiger partial charge is 0.390 e. The molecule has 1 spiro atoms. The Bertz CT molecular complexity index is 213. The van der Waals surface area contributed by atoms with E-state index >= 15 is 0 Å². The van der Waals surface area contributed by atoms with Gasteiger partial charge in [0.1, 0.15) is 0 Å². The van der Waals surface area contributed by atoms with E-state index in [1.807, 2.05) is 6.92 Å². The van der Waals surface area contributed by atoms with Crippen molar-refractivity contribution in [3.8, 4) is 0 Å². The van der Waals surface area contributed by atoms with Crippen LogP contribution in [-0.4, -0.2) is 36.6 Å². The van der Waals surface area contributed by atoms with E-state index in [9.17, 15) is 5.11 Å². The van der Waals surface area contributed by atoms with Crippen LogP contribution in [0.5, 0.6) is 0 Å². The van der Waals surface area contributed by atoms with Gasteiger partial charge in [0.05, 0.1) is 17.8 Å². The molecule has 3 unspecified atom stereocenters. The number of hydrogen-bond donors (Lipinski definition) is 1. The predicted molar refractivity (Wildman–Crippen MR) is 57.7 cm³/mol. The summed E-state index contributed by atoms with van der Waals surface area (Å²) in [6.07, 6.45) is 5.22. The van der Waals surface area contributed by atoms with Crippen molar-refractivity contribution in [2.75, 3.05) is 13.7 Å². The first kappa shape index (κ1) is 11.4. The molecule has 1 saturated heterocycles. The van der Waals surface area contributed by atoms with Crippen molar-refractivity contribution in [3.63, 3.8) is 0 Å². The minimum absolute atomic E-state index is 0.0646. The molecule has 2 fully saturated rings. The Kier molecular flexibility index (Phi) is 3.33. The summed E-state index contributed by atoms with van der Waals surface area (Å²) in [5.74, 6) is 0.356. The van der Waals surface area contributed by atoms with E-state index < -0.39 is 0 Å². The van der Waals surface area contributed by atoms with Crippen molar-refractivity contribution >= 4 is 0 Å². The zero-order valence-corrected chi connectivity index (χ0v) is 9.74. The maximum Gasteiger partial charge on any atom is 0.0828 e. The quantitative estimate of drug-likeness (QED) is 0.777. The molecule has 0 radical (unpaired) electrons. The molecule has 2 aliphatic rings. The van der Waals surface area contributed by atoms with Crippen LogP contribution in [0.4, 0.5) is 0 Å². The Balaban J connectivity index is 1.92. The van der Waals surface area contributed by atoms with Crippen molar-refractivity contribution in [1.29, 1.82) is 0 Å². The SMILES string of the molecule is COC(C)C(O)C1CCOC2(CCC2)C1. The highest BCUT2D eigenvalue weighted by Gasteiger charge is 2.44. The molecule has 3 nitrogen and oxygen atoms in total. The van der Waals surface area contributed by atoms with Gasteiger partial charge in [0.15, 0.2) is 0 Å². The average Bonchev–Trinajstić information content (AvgIpc) is 2.25. The zero-order valence-electron chi connectivity index (χ0n) is 9.74. The molecule has 0 bridgehead atoms. The highest BCUT2D eigenvalue weighted by atomic mass is 16.5. The lowest BCUT2D eigenvalue weighted by Crippen LogP contribution is -2.49. The summed E-state index contributed by atoms with van der Waals surface area (Å²) in [5, 5.41) is 10.1. The number of rotatable bonds is 3. The molecule has 3 heteroatoms. The number of aliphatic hydroxyl groups excluding tert-OH is 1. The molecular formula is C12H22O3. The van der Waals surface area contributed by atoms with Gasteiger partial charge in [-0.05, 0) is 44.9 Å². The lowest BCUT2D eigenvalue weighted by atomic mass is 9.70. The topological polar surface area (TPSA) is 38.7 Å². The van der Waals surface area contributed by atoms with Gasteiger partial charge in [-0.3, -0.25) is 0 Å². The zero-order chi connectivity index (χ0) is 10.9. The number of hydrogen-bond acceptors (Lipinski definition) is 3. The molecule has 1 aliphatic carbocycles. The second kappa shape index (κ2) is 4.40. The molecule has 0 aromatic rings. The molecule has 88 valence electrons. The maximum absolute atomic E-state index is 10.1. The van der Waals surface area contributed by atoms with Crippen molar-refractivity contribution < 1.29 is 14.6 Å². The normalized spacial score (nSPS) is 33.4. The number of methoxy groups -OCH3 is 1. The van der Waals surface area contributed by atoms with Crippen molar-refractivity contribution in [1.82, 2.24) is 0 Å². The second-order valence-corrected chi connectivity index (χ2v) is 5.07. The minimum atomic E-state index is -0.337. The highest BCUT2D eigenvalue weighted by molar-refractivity contribution is 4.96. The Hall–Kier alpha value is -0.120. The highest BCUT2D eigenvalue weighted by Crippen LogP contribution is 2.45. The molecule has 1 heterocycles. The van der Waals surface area contributed by atoms with E-state index in [0.717, 1.165) is 19.4 Å². The monoisotopic (exact) mass is 214 g/mol. The fourth-order valence-corrected chi connectivity index (χ4v) is 2.80. The molecule has 0 aromatic heterocycles. The summed E-state index contributed by atoms with van der Waals surface area (Å²) in [6.45, 7) is 2.74. The van der Waals surface area contributed by atoms with Gasteiger partial charge >= 0.3 is 0 Å². The van der Waals surface area contributed by atoms with Crippen LogP contribution in [-0.2, 0) is 9.47 Å². The van der Waals surface area contributed by atoms with Crippen LogP contribution in [0.1, 0.15) is 39.0 Å². The molecule has 0 aromatic carbocycles. The third-order valence-electron chi connectivity index (χ3n) is 4.13. The van der Waals surface area contributed by atoms with Gasteiger partial charge in [-0.15, -0.1) is 0 Å². The van der Waals surface area contributed by atoms with Gasteiger partial charge in [0, 0.05) is 13.7 Å². The summed E-state index contributed by atoms with van der Waals surface area (Å²) < 4.78 is 11.0. The summed E-state index contributed by atoms with van der Waals surface area (Å²) >= 11 is 0. The molecule has 0 amide bonds. The van der Waals surface area contributed by atoms with Crippen molar-refractivity contribution in [3.05, 3.63) is 0 Å². The lowest BCUT2D eigenvalue weighted by Gasteiger charge is -2.48. The molecule has 1 N–H and O–H groups in total. The maximum atomic E-state index is 10.1. The first-order valence-corrected chi connectivity index (χ1v) is 6.02. The van der Waals surface area contributed by atoms with Gasteiger partial charge in [-0.25, -0.2) is 0 Å². The Morgan fingerprint density at radius 2 is 2.20 bits per heavy atom. The molecule has 1 aliphatic heterocycles.